The second kappa shape index (κ2) is 7.64. The Balaban J connectivity index is 1.46. The number of hydrogen-bond acceptors (Lipinski definition) is 6. The summed E-state index contributed by atoms with van der Waals surface area (Å²) in [5, 5.41) is 10.9. The molecule has 33 heavy (non-hydrogen) atoms. The molecule has 0 saturated carbocycles. The highest BCUT2D eigenvalue weighted by Crippen LogP contribution is 2.32. The first-order chi connectivity index (χ1) is 15.7. The Labute approximate surface area is 183 Å². The van der Waals surface area contributed by atoms with Crippen LogP contribution in [-0.4, -0.2) is 31.3 Å². The fourth-order valence-corrected chi connectivity index (χ4v) is 3.73. The summed E-state index contributed by atoms with van der Waals surface area (Å²) in [7, 11) is 0. The summed E-state index contributed by atoms with van der Waals surface area (Å²) in [4.78, 5) is 6.15. The van der Waals surface area contributed by atoms with Gasteiger partial charge in [0.2, 0.25) is 5.82 Å². The van der Waals surface area contributed by atoms with Crippen molar-refractivity contribution >= 4 is 11.5 Å². The average molecular weight is 462 g/mol. The molecule has 0 unspecified atom stereocenters. The molecule has 0 aliphatic carbocycles. The number of anilines is 1. The molecule has 0 bridgehead atoms. The molecule has 0 saturated heterocycles. The molecule has 7 nitrogen and oxygen atoms in total. The van der Waals surface area contributed by atoms with Crippen molar-refractivity contribution in [3.63, 3.8) is 0 Å². The minimum absolute atomic E-state index is 0.00421. The molecular weight excluding hydrogens is 447 g/mol. The highest BCUT2D eigenvalue weighted by molar-refractivity contribution is 5.54. The first kappa shape index (κ1) is 21.0. The van der Waals surface area contributed by atoms with Crippen LogP contribution in [-0.2, 0) is 19.1 Å². The molecule has 0 amide bonds. The summed E-state index contributed by atoms with van der Waals surface area (Å²) < 4.78 is 73.3. The van der Waals surface area contributed by atoms with Gasteiger partial charge in [0.25, 0.3) is 5.82 Å². The number of benzene rings is 1. The minimum Gasteiger partial charge on any atom is -0.453 e. The number of aryl methyl sites for hydroxylation is 1. The Morgan fingerprint density at radius 3 is 2.70 bits per heavy atom. The topological polar surface area (TPSA) is 68.4 Å². The standard InChI is InChI=1S/C21H15F5N6O/c1-11-7-17-28-29-20(21(24,25)26)32(17)30-19(11)31-6-5-15-12(10-31)8-13(9-27-15)33-16-4-2-3-14(22)18(16)23/h2-4,7-9H,5-6,10H2,1H3. The maximum absolute atomic E-state index is 13.9. The van der Waals surface area contributed by atoms with E-state index in [0.29, 0.717) is 28.9 Å². The molecule has 0 fully saturated rings. The Morgan fingerprint density at radius 1 is 1.09 bits per heavy atom. The van der Waals surface area contributed by atoms with Gasteiger partial charge >= 0.3 is 6.18 Å². The summed E-state index contributed by atoms with van der Waals surface area (Å²) in [6, 6.07) is 6.74. The number of rotatable bonds is 3. The van der Waals surface area contributed by atoms with Crippen LogP contribution in [0.3, 0.4) is 0 Å². The van der Waals surface area contributed by atoms with E-state index in [-0.39, 0.29) is 23.7 Å². The summed E-state index contributed by atoms with van der Waals surface area (Å²) in [5.41, 5.74) is 2.14. The zero-order valence-corrected chi connectivity index (χ0v) is 17.1. The van der Waals surface area contributed by atoms with Gasteiger partial charge in [0.15, 0.2) is 23.0 Å². The van der Waals surface area contributed by atoms with Crippen LogP contribution in [0.25, 0.3) is 5.65 Å². The molecule has 0 atom stereocenters. The van der Waals surface area contributed by atoms with Crippen molar-refractivity contribution < 1.29 is 26.7 Å². The van der Waals surface area contributed by atoms with Crippen LogP contribution in [0.1, 0.15) is 22.6 Å². The Hall–Kier alpha value is -3.83. The SMILES string of the molecule is Cc1cc2nnc(C(F)(F)F)n2nc1N1CCc2ncc(Oc3cccc(F)c3F)cc2C1. The summed E-state index contributed by atoms with van der Waals surface area (Å²) >= 11 is 0. The van der Waals surface area contributed by atoms with Crippen LogP contribution in [0.5, 0.6) is 11.5 Å². The summed E-state index contributed by atoms with van der Waals surface area (Å²) in [5.74, 6) is -3.07. The maximum atomic E-state index is 13.9. The number of nitrogens with zero attached hydrogens (tertiary/aromatic N) is 6. The summed E-state index contributed by atoms with van der Waals surface area (Å²) in [6.07, 6.45) is -2.77. The molecule has 4 aromatic rings. The monoisotopic (exact) mass is 462 g/mol. The zero-order valence-electron chi connectivity index (χ0n) is 17.1. The molecule has 1 aromatic carbocycles. The van der Waals surface area contributed by atoms with E-state index in [1.807, 2.05) is 4.90 Å². The minimum atomic E-state index is -4.70. The molecule has 1 aliphatic heterocycles. The third kappa shape index (κ3) is 3.81. The van der Waals surface area contributed by atoms with E-state index < -0.39 is 23.6 Å². The molecule has 4 heterocycles. The fraction of sp³-hybridized carbons (Fsp3) is 0.238. The number of aromatic nitrogens is 5. The molecule has 12 heteroatoms. The maximum Gasteiger partial charge on any atom is 0.453 e. The van der Waals surface area contributed by atoms with Crippen LogP contribution in [0.15, 0.2) is 36.5 Å². The van der Waals surface area contributed by atoms with Gasteiger partial charge in [-0.2, -0.15) is 22.1 Å². The van der Waals surface area contributed by atoms with Crippen LogP contribution >= 0.6 is 0 Å². The van der Waals surface area contributed by atoms with Crippen LogP contribution in [0.2, 0.25) is 0 Å². The fourth-order valence-electron chi connectivity index (χ4n) is 3.73. The Morgan fingerprint density at radius 2 is 1.91 bits per heavy atom. The van der Waals surface area contributed by atoms with Crippen LogP contribution < -0.4 is 9.64 Å². The first-order valence-electron chi connectivity index (χ1n) is 9.85. The molecular formula is C21H15F5N6O. The predicted octanol–water partition coefficient (Wildman–Crippen LogP) is 4.48. The number of alkyl halides is 3. The third-order valence-corrected chi connectivity index (χ3v) is 5.27. The highest BCUT2D eigenvalue weighted by atomic mass is 19.4. The lowest BCUT2D eigenvalue weighted by Gasteiger charge is -2.30. The largest absolute Gasteiger partial charge is 0.453 e. The zero-order chi connectivity index (χ0) is 23.3. The molecule has 5 rings (SSSR count). The van der Waals surface area contributed by atoms with E-state index in [4.69, 9.17) is 4.74 Å². The average Bonchev–Trinajstić information content (AvgIpc) is 3.19. The Kier molecular flexibility index (Phi) is 4.87. The lowest BCUT2D eigenvalue weighted by Crippen LogP contribution is -2.32. The molecule has 0 radical (unpaired) electrons. The van der Waals surface area contributed by atoms with Gasteiger partial charge in [-0.25, -0.2) is 4.39 Å². The number of halogens is 5. The molecule has 1 aliphatic rings. The predicted molar refractivity (Wildman–Crippen MR) is 106 cm³/mol. The highest BCUT2D eigenvalue weighted by Gasteiger charge is 2.38. The smallest absolute Gasteiger partial charge is 0.453 e. The number of hydrogen-bond donors (Lipinski definition) is 0. The van der Waals surface area contributed by atoms with Crippen LogP contribution in [0.4, 0.5) is 27.8 Å². The van der Waals surface area contributed by atoms with E-state index in [1.165, 1.54) is 24.4 Å². The van der Waals surface area contributed by atoms with Gasteiger partial charge in [-0.1, -0.05) is 6.07 Å². The molecule has 170 valence electrons. The van der Waals surface area contributed by atoms with Gasteiger partial charge in [-0.15, -0.1) is 15.3 Å². The molecule has 3 aromatic heterocycles. The lowest BCUT2D eigenvalue weighted by atomic mass is 10.1. The quantitative estimate of drug-likeness (QED) is 0.419. The van der Waals surface area contributed by atoms with Crippen molar-refractivity contribution in [3.8, 4) is 11.5 Å². The van der Waals surface area contributed by atoms with Crippen molar-refractivity contribution in [2.24, 2.45) is 0 Å². The van der Waals surface area contributed by atoms with Gasteiger partial charge in [0.05, 0.1) is 6.20 Å². The normalized spacial score (nSPS) is 13.9. The lowest BCUT2D eigenvalue weighted by molar-refractivity contribution is -0.146. The number of fused-ring (bicyclic) bond motifs is 2. The van der Waals surface area contributed by atoms with Crippen molar-refractivity contribution in [3.05, 3.63) is 70.8 Å². The number of pyridine rings is 1. The third-order valence-electron chi connectivity index (χ3n) is 5.27. The second-order valence-electron chi connectivity index (χ2n) is 7.54. The van der Waals surface area contributed by atoms with Crippen LogP contribution in [0, 0.1) is 18.6 Å². The van der Waals surface area contributed by atoms with Gasteiger partial charge in [-0.3, -0.25) is 4.98 Å². The van der Waals surface area contributed by atoms with Gasteiger partial charge in [0.1, 0.15) is 5.75 Å². The van der Waals surface area contributed by atoms with Gasteiger partial charge in [-0.05, 0) is 42.3 Å². The van der Waals surface area contributed by atoms with E-state index in [0.717, 1.165) is 17.3 Å². The number of ether oxygens (including phenoxy) is 1. The molecule has 0 N–H and O–H groups in total. The Bertz CT molecular complexity index is 1370. The van der Waals surface area contributed by atoms with E-state index in [1.54, 1.807) is 13.0 Å². The second-order valence-corrected chi connectivity index (χ2v) is 7.54. The van der Waals surface area contributed by atoms with Crippen molar-refractivity contribution in [2.75, 3.05) is 11.4 Å². The van der Waals surface area contributed by atoms with Crippen molar-refractivity contribution in [1.82, 2.24) is 24.8 Å². The van der Waals surface area contributed by atoms with Crippen molar-refractivity contribution in [1.29, 1.82) is 0 Å². The first-order valence-corrected chi connectivity index (χ1v) is 9.85. The van der Waals surface area contributed by atoms with Gasteiger partial charge in [0, 0.05) is 25.2 Å². The van der Waals surface area contributed by atoms with Crippen molar-refractivity contribution in [2.45, 2.75) is 26.1 Å². The van der Waals surface area contributed by atoms with E-state index in [2.05, 4.69) is 20.3 Å². The van der Waals surface area contributed by atoms with Gasteiger partial charge < -0.3 is 9.64 Å². The van der Waals surface area contributed by atoms with E-state index in [9.17, 15) is 22.0 Å². The van der Waals surface area contributed by atoms with E-state index >= 15 is 0 Å². The molecule has 0 spiro atoms. The summed E-state index contributed by atoms with van der Waals surface area (Å²) in [6.45, 7) is 2.49.